The lowest BCUT2D eigenvalue weighted by atomic mass is 10.2. The average Bonchev–Trinajstić information content (AvgIpc) is 2.30. The Morgan fingerprint density at radius 2 is 1.12 bits per heavy atom. The molecule has 90 valence electrons. The number of hydroxylamine groups is 2. The van der Waals surface area contributed by atoms with Gasteiger partial charge in [0.2, 0.25) is 0 Å². The molecule has 1 aromatic rings. The number of anilines is 2. The van der Waals surface area contributed by atoms with Gasteiger partial charge < -0.3 is 0 Å². The highest BCUT2D eigenvalue weighted by Gasteiger charge is 2.04. The Balaban J connectivity index is 2.67. The van der Waals surface area contributed by atoms with E-state index in [0.717, 1.165) is 24.2 Å². The van der Waals surface area contributed by atoms with Crippen molar-refractivity contribution in [3.05, 3.63) is 24.3 Å². The van der Waals surface area contributed by atoms with Crippen LogP contribution in [0, 0.1) is 0 Å². The van der Waals surface area contributed by atoms with Crippen LogP contribution >= 0.6 is 0 Å². The molecule has 1 rings (SSSR count). The largest absolute Gasteiger partial charge is 0.288 e. The highest BCUT2D eigenvalue weighted by atomic mass is 16.5. The van der Waals surface area contributed by atoms with Gasteiger partial charge in [0, 0.05) is 13.1 Å². The number of hydrogen-bond acceptors (Lipinski definition) is 4. The fourth-order valence-electron chi connectivity index (χ4n) is 1.48. The van der Waals surface area contributed by atoms with Crippen LogP contribution in [0.25, 0.3) is 0 Å². The Bertz CT molecular complexity index is 269. The smallest absolute Gasteiger partial charge is 0.0635 e. The molecule has 0 atom stereocenters. The molecule has 0 radical (unpaired) electrons. The molecule has 4 heteroatoms. The third-order valence-corrected chi connectivity index (χ3v) is 2.32. The molecule has 16 heavy (non-hydrogen) atoms. The van der Waals surface area contributed by atoms with E-state index in [0.29, 0.717) is 13.1 Å². The molecule has 0 saturated heterocycles. The van der Waals surface area contributed by atoms with Crippen LogP contribution in [-0.2, 0) is 0 Å². The highest BCUT2D eigenvalue weighted by molar-refractivity contribution is 5.53. The average molecular weight is 224 g/mol. The zero-order chi connectivity index (χ0) is 12.0. The number of benzene rings is 1. The van der Waals surface area contributed by atoms with Gasteiger partial charge in [0.05, 0.1) is 11.4 Å². The van der Waals surface area contributed by atoms with Gasteiger partial charge in [-0.25, -0.2) is 0 Å². The fraction of sp³-hybridized carbons (Fsp3) is 0.500. The molecule has 2 N–H and O–H groups in total. The van der Waals surface area contributed by atoms with E-state index in [1.54, 1.807) is 24.3 Å². The molecule has 1 aromatic carbocycles. The number of rotatable bonds is 6. The molecular formula is C12H20N2O2. The summed E-state index contributed by atoms with van der Waals surface area (Å²) < 4.78 is 0. The van der Waals surface area contributed by atoms with E-state index < -0.39 is 0 Å². The Labute approximate surface area is 96.6 Å². The first-order valence-electron chi connectivity index (χ1n) is 5.72. The quantitative estimate of drug-likeness (QED) is 0.729. The van der Waals surface area contributed by atoms with E-state index in [1.807, 2.05) is 13.8 Å². The lowest BCUT2D eigenvalue weighted by molar-refractivity contribution is 0.251. The van der Waals surface area contributed by atoms with Gasteiger partial charge in [-0.15, -0.1) is 0 Å². The maximum atomic E-state index is 9.61. The monoisotopic (exact) mass is 224 g/mol. The maximum Gasteiger partial charge on any atom is 0.0635 e. The van der Waals surface area contributed by atoms with Crippen molar-refractivity contribution < 1.29 is 10.4 Å². The molecule has 0 fully saturated rings. The van der Waals surface area contributed by atoms with Crippen molar-refractivity contribution >= 4 is 11.4 Å². The van der Waals surface area contributed by atoms with Crippen molar-refractivity contribution in [1.29, 1.82) is 0 Å². The van der Waals surface area contributed by atoms with Gasteiger partial charge in [0.15, 0.2) is 0 Å². The molecule has 0 aliphatic heterocycles. The molecule has 0 spiro atoms. The maximum absolute atomic E-state index is 9.61. The van der Waals surface area contributed by atoms with Crippen LogP contribution in [0.15, 0.2) is 24.3 Å². The van der Waals surface area contributed by atoms with Crippen LogP contribution in [0.5, 0.6) is 0 Å². The predicted octanol–water partition coefficient (Wildman–Crippen LogP) is 2.90. The summed E-state index contributed by atoms with van der Waals surface area (Å²) in [6.07, 6.45) is 1.78. The summed E-state index contributed by atoms with van der Waals surface area (Å²) in [5.74, 6) is 0. The minimum absolute atomic E-state index is 0.608. The second kappa shape index (κ2) is 6.35. The van der Waals surface area contributed by atoms with Crippen molar-refractivity contribution in [3.63, 3.8) is 0 Å². The molecule has 0 aliphatic rings. The van der Waals surface area contributed by atoms with Crippen LogP contribution in [0.2, 0.25) is 0 Å². The minimum atomic E-state index is 0.608. The second-order valence-electron chi connectivity index (χ2n) is 3.76. The van der Waals surface area contributed by atoms with Gasteiger partial charge in [-0.1, -0.05) is 13.8 Å². The van der Waals surface area contributed by atoms with Crippen LogP contribution in [-0.4, -0.2) is 23.5 Å². The van der Waals surface area contributed by atoms with Gasteiger partial charge >= 0.3 is 0 Å². The first-order valence-corrected chi connectivity index (χ1v) is 5.72. The lowest BCUT2D eigenvalue weighted by Crippen LogP contribution is -2.20. The zero-order valence-electron chi connectivity index (χ0n) is 9.93. The summed E-state index contributed by atoms with van der Waals surface area (Å²) in [6.45, 7) is 5.23. The Hall–Kier alpha value is -1.26. The van der Waals surface area contributed by atoms with Crippen LogP contribution < -0.4 is 10.1 Å². The summed E-state index contributed by atoms with van der Waals surface area (Å²) in [6, 6.07) is 7.18. The summed E-state index contributed by atoms with van der Waals surface area (Å²) in [5.41, 5.74) is 1.49. The van der Waals surface area contributed by atoms with Crippen molar-refractivity contribution in [2.75, 3.05) is 23.2 Å². The van der Waals surface area contributed by atoms with Gasteiger partial charge in [0.25, 0.3) is 0 Å². The van der Waals surface area contributed by atoms with Crippen LogP contribution in [0.3, 0.4) is 0 Å². The molecule has 0 saturated carbocycles. The van der Waals surface area contributed by atoms with Crippen molar-refractivity contribution in [1.82, 2.24) is 0 Å². The van der Waals surface area contributed by atoms with Crippen LogP contribution in [0.4, 0.5) is 11.4 Å². The van der Waals surface area contributed by atoms with Crippen LogP contribution in [0.1, 0.15) is 26.7 Å². The summed E-state index contributed by atoms with van der Waals surface area (Å²) in [4.78, 5) is 0. The molecular weight excluding hydrogens is 204 g/mol. The third kappa shape index (κ3) is 3.40. The van der Waals surface area contributed by atoms with Crippen molar-refractivity contribution in [2.24, 2.45) is 0 Å². The lowest BCUT2D eigenvalue weighted by Gasteiger charge is -2.19. The van der Waals surface area contributed by atoms with E-state index in [-0.39, 0.29) is 0 Å². The first kappa shape index (κ1) is 12.8. The molecule has 0 amide bonds. The summed E-state index contributed by atoms with van der Waals surface area (Å²) in [5, 5.41) is 21.6. The SMILES string of the molecule is CCCN(O)c1ccc(N(O)CCC)cc1. The van der Waals surface area contributed by atoms with E-state index in [4.69, 9.17) is 0 Å². The highest BCUT2D eigenvalue weighted by Crippen LogP contribution is 2.19. The Morgan fingerprint density at radius 1 is 0.812 bits per heavy atom. The van der Waals surface area contributed by atoms with E-state index >= 15 is 0 Å². The van der Waals surface area contributed by atoms with Gasteiger partial charge in [0.1, 0.15) is 0 Å². The molecule has 0 heterocycles. The van der Waals surface area contributed by atoms with Gasteiger partial charge in [-0.05, 0) is 37.1 Å². The normalized spacial score (nSPS) is 10.2. The molecule has 0 aliphatic carbocycles. The first-order chi connectivity index (χ1) is 7.69. The van der Waals surface area contributed by atoms with E-state index in [1.165, 1.54) is 10.1 Å². The van der Waals surface area contributed by atoms with Gasteiger partial charge in [-0.3, -0.25) is 20.5 Å². The van der Waals surface area contributed by atoms with E-state index in [9.17, 15) is 10.4 Å². The molecule has 4 nitrogen and oxygen atoms in total. The van der Waals surface area contributed by atoms with E-state index in [2.05, 4.69) is 0 Å². The standard InChI is InChI=1S/C12H20N2O2/c1-3-9-13(15)11-5-7-12(8-6-11)14(16)10-4-2/h5-8,15-16H,3-4,9-10H2,1-2H3. The topological polar surface area (TPSA) is 46.9 Å². The number of nitrogens with zero attached hydrogens (tertiary/aromatic N) is 2. The molecule has 0 aromatic heterocycles. The molecule has 0 bridgehead atoms. The minimum Gasteiger partial charge on any atom is -0.288 e. The molecule has 0 unspecified atom stereocenters. The van der Waals surface area contributed by atoms with Crippen molar-refractivity contribution in [3.8, 4) is 0 Å². The number of hydrogen-bond donors (Lipinski definition) is 2. The summed E-state index contributed by atoms with van der Waals surface area (Å²) in [7, 11) is 0. The van der Waals surface area contributed by atoms with Crippen molar-refractivity contribution in [2.45, 2.75) is 26.7 Å². The Kier molecular flexibility index (Phi) is 5.08. The second-order valence-corrected chi connectivity index (χ2v) is 3.76. The van der Waals surface area contributed by atoms with Gasteiger partial charge in [-0.2, -0.15) is 0 Å². The third-order valence-electron chi connectivity index (χ3n) is 2.32. The predicted molar refractivity (Wildman–Crippen MR) is 65.3 cm³/mol. The zero-order valence-corrected chi connectivity index (χ0v) is 9.93. The fourth-order valence-corrected chi connectivity index (χ4v) is 1.48. The Morgan fingerprint density at radius 3 is 1.38 bits per heavy atom. The summed E-state index contributed by atoms with van der Waals surface area (Å²) >= 11 is 0.